The summed E-state index contributed by atoms with van der Waals surface area (Å²) in [5.41, 5.74) is 2.34. The van der Waals surface area contributed by atoms with Gasteiger partial charge in [-0.05, 0) is 36.8 Å². The lowest BCUT2D eigenvalue weighted by molar-refractivity contribution is -0.384. The lowest BCUT2D eigenvalue weighted by atomic mass is 10.1. The van der Waals surface area contributed by atoms with Crippen molar-refractivity contribution < 1.29 is 9.66 Å². The smallest absolute Gasteiger partial charge is 0.269 e. The van der Waals surface area contributed by atoms with Gasteiger partial charge >= 0.3 is 0 Å². The van der Waals surface area contributed by atoms with Gasteiger partial charge in [-0.2, -0.15) is 0 Å². The molecule has 0 spiro atoms. The van der Waals surface area contributed by atoms with Crippen LogP contribution in [0.15, 0.2) is 48.5 Å². The van der Waals surface area contributed by atoms with Crippen molar-refractivity contribution in [3.63, 3.8) is 0 Å². The van der Waals surface area contributed by atoms with Gasteiger partial charge in [-0.1, -0.05) is 12.1 Å². The van der Waals surface area contributed by atoms with Gasteiger partial charge in [0.05, 0.1) is 12.0 Å². The second-order valence-electron chi connectivity index (χ2n) is 6.25. The molecular weight excluding hydrogens is 318 g/mol. The summed E-state index contributed by atoms with van der Waals surface area (Å²) in [6, 6.07) is 15.2. The Kier molecular flexibility index (Phi) is 5.19. The zero-order valence-corrected chi connectivity index (χ0v) is 14.6. The third-order valence-corrected chi connectivity index (χ3v) is 4.86. The van der Waals surface area contributed by atoms with Crippen LogP contribution in [0.25, 0.3) is 0 Å². The molecule has 6 nitrogen and oxygen atoms in total. The van der Waals surface area contributed by atoms with Crippen molar-refractivity contribution in [2.24, 2.45) is 0 Å². The molecular formula is C19H23N3O3. The molecule has 2 aromatic rings. The van der Waals surface area contributed by atoms with Crippen molar-refractivity contribution in [3.05, 3.63) is 64.2 Å². The highest BCUT2D eigenvalue weighted by molar-refractivity contribution is 5.49. The Morgan fingerprint density at radius 3 is 2.36 bits per heavy atom. The average molecular weight is 341 g/mol. The number of nitrogens with zero attached hydrogens (tertiary/aromatic N) is 3. The number of nitro groups is 1. The fourth-order valence-electron chi connectivity index (χ4n) is 3.27. The van der Waals surface area contributed by atoms with Crippen LogP contribution in [-0.4, -0.2) is 43.1 Å². The molecule has 0 amide bonds. The van der Waals surface area contributed by atoms with Crippen LogP contribution in [-0.2, 0) is 0 Å². The highest BCUT2D eigenvalue weighted by atomic mass is 16.6. The van der Waals surface area contributed by atoms with E-state index in [9.17, 15) is 10.1 Å². The number of nitro benzene ring substituents is 1. The molecule has 1 unspecified atom stereocenters. The highest BCUT2D eigenvalue weighted by Gasteiger charge is 2.23. The molecule has 132 valence electrons. The monoisotopic (exact) mass is 341 g/mol. The number of methoxy groups -OCH3 is 1. The number of hydrogen-bond donors (Lipinski definition) is 0. The first-order valence-corrected chi connectivity index (χ1v) is 8.46. The number of ether oxygens (including phenoxy) is 1. The zero-order valence-electron chi connectivity index (χ0n) is 14.6. The summed E-state index contributed by atoms with van der Waals surface area (Å²) in [5, 5.41) is 11.0. The minimum absolute atomic E-state index is 0.154. The fraction of sp³-hybridized carbons (Fsp3) is 0.368. The van der Waals surface area contributed by atoms with Crippen LogP contribution in [0.5, 0.6) is 5.75 Å². The van der Waals surface area contributed by atoms with Crippen LogP contribution in [0, 0.1) is 10.1 Å². The van der Waals surface area contributed by atoms with Crippen LogP contribution in [0.1, 0.15) is 18.5 Å². The van der Waals surface area contributed by atoms with Gasteiger partial charge in [0.1, 0.15) is 5.75 Å². The molecule has 1 atom stereocenters. The maximum absolute atomic E-state index is 11.0. The van der Waals surface area contributed by atoms with Gasteiger partial charge in [0.15, 0.2) is 0 Å². The van der Waals surface area contributed by atoms with Crippen molar-refractivity contribution in [1.29, 1.82) is 0 Å². The normalized spacial score (nSPS) is 16.5. The molecule has 0 aromatic heterocycles. The molecule has 1 saturated heterocycles. The van der Waals surface area contributed by atoms with E-state index in [1.807, 2.05) is 18.2 Å². The van der Waals surface area contributed by atoms with Gasteiger partial charge in [0, 0.05) is 50.0 Å². The molecule has 0 bridgehead atoms. The van der Waals surface area contributed by atoms with E-state index in [0.717, 1.165) is 37.5 Å². The third kappa shape index (κ3) is 3.91. The number of piperazine rings is 1. The van der Waals surface area contributed by atoms with Crippen LogP contribution in [0.3, 0.4) is 0 Å². The molecule has 1 fully saturated rings. The Labute approximate surface area is 147 Å². The molecule has 0 radical (unpaired) electrons. The fourth-order valence-corrected chi connectivity index (χ4v) is 3.27. The molecule has 1 aliphatic rings. The Balaban J connectivity index is 1.63. The summed E-state index contributed by atoms with van der Waals surface area (Å²) in [7, 11) is 1.67. The van der Waals surface area contributed by atoms with E-state index in [4.69, 9.17) is 4.74 Å². The van der Waals surface area contributed by atoms with E-state index in [0.29, 0.717) is 0 Å². The summed E-state index contributed by atoms with van der Waals surface area (Å²) < 4.78 is 5.21. The number of benzene rings is 2. The number of non-ortho nitro benzene ring substituents is 1. The maximum Gasteiger partial charge on any atom is 0.269 e. The summed E-state index contributed by atoms with van der Waals surface area (Å²) in [5.74, 6) is 0.863. The van der Waals surface area contributed by atoms with E-state index in [1.165, 1.54) is 11.8 Å². The van der Waals surface area contributed by atoms with E-state index in [2.05, 4.69) is 28.9 Å². The van der Waals surface area contributed by atoms with Crippen molar-refractivity contribution in [1.82, 2.24) is 4.90 Å². The minimum atomic E-state index is -0.335. The SMILES string of the molecule is COc1ccc(N2CCN(C(C)c3cccc([N+](=O)[O-])c3)CC2)cc1. The lowest BCUT2D eigenvalue weighted by Crippen LogP contribution is -2.47. The maximum atomic E-state index is 11.0. The van der Waals surface area contributed by atoms with Gasteiger partial charge in [0.2, 0.25) is 0 Å². The standard InChI is InChI=1S/C19H23N3O3/c1-15(16-4-3-5-18(14-16)22(23)24)20-10-12-21(13-11-20)17-6-8-19(25-2)9-7-17/h3-9,14-15H,10-13H2,1-2H3. The Morgan fingerprint density at radius 1 is 1.08 bits per heavy atom. The van der Waals surface area contributed by atoms with Crippen LogP contribution < -0.4 is 9.64 Å². The largest absolute Gasteiger partial charge is 0.497 e. The van der Waals surface area contributed by atoms with E-state index < -0.39 is 0 Å². The van der Waals surface area contributed by atoms with Gasteiger partial charge in [-0.15, -0.1) is 0 Å². The first-order valence-electron chi connectivity index (χ1n) is 8.46. The Morgan fingerprint density at radius 2 is 1.76 bits per heavy atom. The summed E-state index contributed by atoms with van der Waals surface area (Å²) >= 11 is 0. The zero-order chi connectivity index (χ0) is 17.8. The van der Waals surface area contributed by atoms with Crippen LogP contribution >= 0.6 is 0 Å². The molecule has 0 N–H and O–H groups in total. The lowest BCUT2D eigenvalue weighted by Gasteiger charge is -2.39. The van der Waals surface area contributed by atoms with Crippen molar-refractivity contribution in [2.45, 2.75) is 13.0 Å². The van der Waals surface area contributed by atoms with Crippen molar-refractivity contribution in [3.8, 4) is 5.75 Å². The topological polar surface area (TPSA) is 58.8 Å². The number of rotatable bonds is 5. The molecule has 1 heterocycles. The number of anilines is 1. The van der Waals surface area contributed by atoms with Gasteiger partial charge in [-0.3, -0.25) is 15.0 Å². The van der Waals surface area contributed by atoms with Crippen LogP contribution in [0.2, 0.25) is 0 Å². The number of hydrogen-bond acceptors (Lipinski definition) is 5. The summed E-state index contributed by atoms with van der Waals surface area (Å²) in [6.07, 6.45) is 0. The second kappa shape index (κ2) is 7.53. The van der Waals surface area contributed by atoms with Crippen molar-refractivity contribution >= 4 is 11.4 Å². The predicted octanol–water partition coefficient (Wildman–Crippen LogP) is 3.49. The Hall–Kier alpha value is -2.60. The molecule has 25 heavy (non-hydrogen) atoms. The summed E-state index contributed by atoms with van der Waals surface area (Å²) in [4.78, 5) is 15.4. The second-order valence-corrected chi connectivity index (χ2v) is 6.25. The minimum Gasteiger partial charge on any atom is -0.497 e. The van der Waals surface area contributed by atoms with E-state index >= 15 is 0 Å². The average Bonchev–Trinajstić information content (AvgIpc) is 2.67. The van der Waals surface area contributed by atoms with Gasteiger partial charge < -0.3 is 9.64 Å². The highest BCUT2D eigenvalue weighted by Crippen LogP contribution is 2.26. The molecule has 0 saturated carbocycles. The van der Waals surface area contributed by atoms with Crippen LogP contribution in [0.4, 0.5) is 11.4 Å². The third-order valence-electron chi connectivity index (χ3n) is 4.86. The predicted molar refractivity (Wildman–Crippen MR) is 98.3 cm³/mol. The molecule has 3 rings (SSSR count). The quantitative estimate of drug-likeness (QED) is 0.615. The molecule has 6 heteroatoms. The van der Waals surface area contributed by atoms with Crippen molar-refractivity contribution in [2.75, 3.05) is 38.2 Å². The van der Waals surface area contributed by atoms with E-state index in [-0.39, 0.29) is 16.7 Å². The van der Waals surface area contributed by atoms with E-state index in [1.54, 1.807) is 19.2 Å². The molecule has 1 aliphatic heterocycles. The summed E-state index contributed by atoms with van der Waals surface area (Å²) in [6.45, 7) is 5.84. The van der Waals surface area contributed by atoms with Gasteiger partial charge in [0.25, 0.3) is 5.69 Å². The first kappa shape index (κ1) is 17.2. The van der Waals surface area contributed by atoms with Gasteiger partial charge in [-0.25, -0.2) is 0 Å². The molecule has 0 aliphatic carbocycles. The first-order chi connectivity index (χ1) is 12.1. The molecule has 2 aromatic carbocycles. The Bertz CT molecular complexity index is 725.